The normalized spacial score (nSPS) is 16.6. The number of aryl methyl sites for hydroxylation is 1. The number of phenolic OH excluding ortho intramolecular Hbond substituents is 1. The Balaban J connectivity index is 1.16. The van der Waals surface area contributed by atoms with Gasteiger partial charge >= 0.3 is 0 Å². The van der Waals surface area contributed by atoms with Gasteiger partial charge in [0.25, 0.3) is 5.91 Å². The summed E-state index contributed by atoms with van der Waals surface area (Å²) in [7, 11) is 1.77. The summed E-state index contributed by atoms with van der Waals surface area (Å²) in [5, 5.41) is 21.1. The molecule has 10 nitrogen and oxygen atoms in total. The number of phenols is 1. The van der Waals surface area contributed by atoms with Crippen LogP contribution in [0.15, 0.2) is 79.0 Å². The van der Waals surface area contributed by atoms with Gasteiger partial charge in [-0.15, -0.1) is 0 Å². The zero-order chi connectivity index (χ0) is 32.2. The summed E-state index contributed by atoms with van der Waals surface area (Å²) in [4.78, 5) is 41.5. The first-order valence-corrected chi connectivity index (χ1v) is 15.3. The molecule has 0 unspecified atom stereocenters. The summed E-state index contributed by atoms with van der Waals surface area (Å²) >= 11 is 6.14. The zero-order valence-corrected chi connectivity index (χ0v) is 25.8. The van der Waals surface area contributed by atoms with Gasteiger partial charge in [-0.3, -0.25) is 19.1 Å². The number of nitrogens with one attached hydrogen (secondary N) is 2. The number of ether oxygens (including phenoxy) is 1. The van der Waals surface area contributed by atoms with Crippen LogP contribution in [0.5, 0.6) is 5.75 Å². The van der Waals surface area contributed by atoms with Gasteiger partial charge < -0.3 is 25.4 Å². The summed E-state index contributed by atoms with van der Waals surface area (Å²) in [6.07, 6.45) is 3.38. The number of aromatic hydroxyl groups is 1. The van der Waals surface area contributed by atoms with E-state index in [-0.39, 0.29) is 43.2 Å². The monoisotopic (exact) mass is 637 g/mol. The van der Waals surface area contributed by atoms with Crippen molar-refractivity contribution in [1.82, 2.24) is 20.0 Å². The van der Waals surface area contributed by atoms with Crippen LogP contribution in [0.3, 0.4) is 0 Å². The standard InChI is InChI=1S/C35H32ClN5O5/c1-40-20-25(31(39-40)28-19-26(36)13-16-30(28)42)10-7-22-8-14-27(15-9-22)37-34(44)29-21-46-18-17-41(29)35(45)32(23-5-3-2-4-6-23)38-33(43)24-11-12-24/h2-6,8-9,13-16,19-20,24,29,32,42H,11-12,17-18,21H2,1H3,(H,37,44)(H,38,43)/t29-,32-/m1/s1. The number of hydrogen-bond acceptors (Lipinski definition) is 6. The number of rotatable bonds is 7. The van der Waals surface area contributed by atoms with E-state index in [1.807, 2.05) is 18.2 Å². The first kappa shape index (κ1) is 30.9. The van der Waals surface area contributed by atoms with Gasteiger partial charge in [0.2, 0.25) is 11.8 Å². The van der Waals surface area contributed by atoms with Gasteiger partial charge in [0.1, 0.15) is 23.5 Å². The van der Waals surface area contributed by atoms with Crippen molar-refractivity contribution in [2.45, 2.75) is 24.9 Å². The van der Waals surface area contributed by atoms with Crippen molar-refractivity contribution in [3.8, 4) is 28.8 Å². The van der Waals surface area contributed by atoms with E-state index >= 15 is 0 Å². The number of halogens is 1. The van der Waals surface area contributed by atoms with Crippen LogP contribution in [0, 0.1) is 17.8 Å². The molecule has 2 aliphatic rings. The smallest absolute Gasteiger partial charge is 0.250 e. The SMILES string of the molecule is Cn1cc(C#Cc2ccc(NC(=O)[C@H]3COCCN3C(=O)[C@H](NC(=O)C3CC3)c3ccccc3)cc2)c(-c2cc(Cl)ccc2O)n1. The van der Waals surface area contributed by atoms with Crippen LogP contribution in [-0.2, 0) is 26.2 Å². The van der Waals surface area contributed by atoms with Crippen molar-refractivity contribution in [1.29, 1.82) is 0 Å². The third-order valence-corrected chi connectivity index (χ3v) is 8.10. The Bertz CT molecular complexity index is 1830. The molecule has 1 aromatic heterocycles. The quantitative estimate of drug-likeness (QED) is 0.260. The zero-order valence-electron chi connectivity index (χ0n) is 25.1. The molecule has 4 aromatic rings. The average Bonchev–Trinajstić information content (AvgIpc) is 3.86. The Hall–Kier alpha value is -5.11. The van der Waals surface area contributed by atoms with E-state index in [4.69, 9.17) is 16.3 Å². The molecule has 234 valence electrons. The number of carbonyl (C=O) groups excluding carboxylic acids is 3. The van der Waals surface area contributed by atoms with Crippen LogP contribution in [0.1, 0.15) is 35.6 Å². The van der Waals surface area contributed by atoms with E-state index in [0.717, 1.165) is 12.8 Å². The van der Waals surface area contributed by atoms with E-state index in [9.17, 15) is 19.5 Å². The van der Waals surface area contributed by atoms with Gasteiger partial charge in [0.05, 0.1) is 18.8 Å². The lowest BCUT2D eigenvalue weighted by molar-refractivity contribution is -0.149. The van der Waals surface area contributed by atoms with Crippen molar-refractivity contribution in [3.05, 3.63) is 101 Å². The minimum absolute atomic E-state index is 0.0365. The predicted molar refractivity (Wildman–Crippen MR) is 173 cm³/mol. The highest BCUT2D eigenvalue weighted by atomic mass is 35.5. The number of hydrogen-bond donors (Lipinski definition) is 3. The van der Waals surface area contributed by atoms with Gasteiger partial charge in [-0.1, -0.05) is 53.8 Å². The molecule has 3 aromatic carbocycles. The summed E-state index contributed by atoms with van der Waals surface area (Å²) in [6, 6.07) is 19.1. The third-order valence-electron chi connectivity index (χ3n) is 7.87. The van der Waals surface area contributed by atoms with E-state index in [1.54, 1.807) is 66.5 Å². The molecule has 0 bridgehead atoms. The van der Waals surface area contributed by atoms with Crippen LogP contribution in [-0.4, -0.2) is 63.3 Å². The number of amides is 3. The van der Waals surface area contributed by atoms with E-state index < -0.39 is 18.0 Å². The average molecular weight is 638 g/mol. The molecule has 46 heavy (non-hydrogen) atoms. The third kappa shape index (κ3) is 7.07. The molecular weight excluding hydrogens is 606 g/mol. The molecule has 3 amide bonds. The number of benzene rings is 3. The van der Waals surface area contributed by atoms with Crippen LogP contribution in [0.2, 0.25) is 5.02 Å². The highest BCUT2D eigenvalue weighted by molar-refractivity contribution is 6.31. The maximum atomic E-state index is 13.9. The van der Waals surface area contributed by atoms with Crippen LogP contribution >= 0.6 is 11.6 Å². The molecule has 2 fully saturated rings. The minimum Gasteiger partial charge on any atom is -0.507 e. The Morgan fingerprint density at radius 1 is 1.02 bits per heavy atom. The maximum absolute atomic E-state index is 13.9. The molecule has 6 rings (SSSR count). The molecule has 2 heterocycles. The topological polar surface area (TPSA) is 126 Å². The number of aromatic nitrogens is 2. The lowest BCUT2D eigenvalue weighted by Gasteiger charge is -2.37. The summed E-state index contributed by atoms with van der Waals surface area (Å²) < 4.78 is 7.21. The number of anilines is 1. The minimum atomic E-state index is -0.899. The van der Waals surface area contributed by atoms with Crippen LogP contribution in [0.4, 0.5) is 5.69 Å². The lowest BCUT2D eigenvalue weighted by Crippen LogP contribution is -2.57. The highest BCUT2D eigenvalue weighted by Crippen LogP contribution is 2.33. The molecule has 1 saturated carbocycles. The first-order chi connectivity index (χ1) is 22.3. The van der Waals surface area contributed by atoms with Gasteiger partial charge in [0, 0.05) is 47.5 Å². The van der Waals surface area contributed by atoms with Gasteiger partial charge in [-0.05, 0) is 60.9 Å². The summed E-state index contributed by atoms with van der Waals surface area (Å²) in [5.74, 6) is 5.29. The van der Waals surface area contributed by atoms with Gasteiger partial charge in [-0.2, -0.15) is 5.10 Å². The van der Waals surface area contributed by atoms with Crippen molar-refractivity contribution in [2.75, 3.05) is 25.1 Å². The number of nitrogens with zero attached hydrogens (tertiary/aromatic N) is 3. The maximum Gasteiger partial charge on any atom is 0.250 e. The number of carbonyl (C=O) groups is 3. The van der Waals surface area contributed by atoms with Gasteiger partial charge in [-0.25, -0.2) is 0 Å². The second kappa shape index (κ2) is 13.5. The Kier molecular flexibility index (Phi) is 9.06. The van der Waals surface area contributed by atoms with Crippen LogP contribution < -0.4 is 10.6 Å². The first-order valence-electron chi connectivity index (χ1n) is 15.0. The Labute approximate surface area is 271 Å². The van der Waals surface area contributed by atoms with Crippen molar-refractivity contribution >= 4 is 35.0 Å². The molecule has 0 radical (unpaired) electrons. The molecule has 3 N–H and O–H groups in total. The van der Waals surface area contributed by atoms with Crippen molar-refractivity contribution in [2.24, 2.45) is 13.0 Å². The second-order valence-corrected chi connectivity index (χ2v) is 11.7. The Morgan fingerprint density at radius 3 is 2.52 bits per heavy atom. The molecule has 11 heteroatoms. The molecule has 1 aliphatic heterocycles. The molecular formula is C35H32ClN5O5. The summed E-state index contributed by atoms with van der Waals surface area (Å²) in [5.41, 5.74) is 3.48. The van der Waals surface area contributed by atoms with Crippen molar-refractivity contribution in [3.63, 3.8) is 0 Å². The Morgan fingerprint density at radius 2 is 1.78 bits per heavy atom. The predicted octanol–water partition coefficient (Wildman–Crippen LogP) is 4.28. The summed E-state index contributed by atoms with van der Waals surface area (Å²) in [6.45, 7) is 0.544. The van der Waals surface area contributed by atoms with Crippen molar-refractivity contribution < 1.29 is 24.2 Å². The molecule has 1 saturated heterocycles. The fourth-order valence-electron chi connectivity index (χ4n) is 5.27. The molecule has 1 aliphatic carbocycles. The number of morpholine rings is 1. The molecule has 2 atom stereocenters. The largest absolute Gasteiger partial charge is 0.507 e. The van der Waals surface area contributed by atoms with E-state index in [0.29, 0.717) is 38.7 Å². The lowest BCUT2D eigenvalue weighted by atomic mass is 10.0. The molecule has 0 spiro atoms. The fourth-order valence-corrected chi connectivity index (χ4v) is 5.44. The second-order valence-electron chi connectivity index (χ2n) is 11.3. The highest BCUT2D eigenvalue weighted by Gasteiger charge is 2.39. The van der Waals surface area contributed by atoms with Crippen LogP contribution in [0.25, 0.3) is 11.3 Å². The van der Waals surface area contributed by atoms with E-state index in [2.05, 4.69) is 27.6 Å². The fraction of sp³-hybridized carbons (Fsp3) is 0.257. The van der Waals surface area contributed by atoms with Gasteiger partial charge in [0.15, 0.2) is 0 Å². The van der Waals surface area contributed by atoms with E-state index in [1.165, 1.54) is 11.0 Å².